The highest BCUT2D eigenvalue weighted by Gasteiger charge is 2.30. The molecule has 0 aliphatic carbocycles. The summed E-state index contributed by atoms with van der Waals surface area (Å²) in [6, 6.07) is 0. The van der Waals surface area contributed by atoms with Gasteiger partial charge in [-0.2, -0.15) is 0 Å². The SMILES string of the molecule is CCCCCCCCCCCCC(=O)OC[C@H](COP(=O)(O)OC[C@H](O)COP(=O)(O)OC[C@@H](COC(=O)CCCCCCCCCCCCC(C)C)OC(=O)CCCCCCCCCCCCCCCCCCC(C)C)OC(=O)CCCCCCCCC(C)CC. The van der Waals surface area contributed by atoms with Crippen molar-refractivity contribution in [2.75, 3.05) is 39.6 Å². The summed E-state index contributed by atoms with van der Waals surface area (Å²) in [4.78, 5) is 72.6. The third-order valence-electron chi connectivity index (χ3n) is 17.2. The number of hydrogen-bond donors (Lipinski definition) is 3. The molecule has 0 radical (unpaired) electrons. The molecule has 0 aromatic carbocycles. The van der Waals surface area contributed by atoms with Crippen molar-refractivity contribution < 1.29 is 80.2 Å². The van der Waals surface area contributed by atoms with Crippen molar-refractivity contribution in [3.8, 4) is 0 Å². The summed E-state index contributed by atoms with van der Waals surface area (Å²) in [6.45, 7) is 11.8. The maximum Gasteiger partial charge on any atom is 0.472 e. The van der Waals surface area contributed by atoms with Crippen LogP contribution >= 0.6 is 15.6 Å². The molecule has 0 rings (SSSR count). The molecule has 19 heteroatoms. The largest absolute Gasteiger partial charge is 0.472 e. The number of phosphoric acid groups is 2. The van der Waals surface area contributed by atoms with Crippen LogP contribution in [0.5, 0.6) is 0 Å². The van der Waals surface area contributed by atoms with Gasteiger partial charge in [0.05, 0.1) is 26.4 Å². The quantitative estimate of drug-likeness (QED) is 0.0222. The van der Waals surface area contributed by atoms with Crippen molar-refractivity contribution in [1.29, 1.82) is 0 Å². The molecule has 92 heavy (non-hydrogen) atoms. The van der Waals surface area contributed by atoms with Gasteiger partial charge in [0.2, 0.25) is 0 Å². The summed E-state index contributed by atoms with van der Waals surface area (Å²) in [5.41, 5.74) is 0. The van der Waals surface area contributed by atoms with E-state index in [1.54, 1.807) is 0 Å². The summed E-state index contributed by atoms with van der Waals surface area (Å²) in [5.74, 6) is 0.163. The summed E-state index contributed by atoms with van der Waals surface area (Å²) in [7, 11) is -9.90. The lowest BCUT2D eigenvalue weighted by Gasteiger charge is -2.21. The minimum atomic E-state index is -4.95. The van der Waals surface area contributed by atoms with Gasteiger partial charge in [-0.25, -0.2) is 9.13 Å². The number of carbonyl (C=O) groups excluding carboxylic acids is 4. The van der Waals surface area contributed by atoms with E-state index in [2.05, 4.69) is 48.5 Å². The van der Waals surface area contributed by atoms with Crippen LogP contribution in [0.1, 0.15) is 370 Å². The minimum Gasteiger partial charge on any atom is -0.462 e. The fourth-order valence-electron chi connectivity index (χ4n) is 11.0. The molecule has 546 valence electrons. The average molecular weight is 1350 g/mol. The van der Waals surface area contributed by atoms with E-state index in [4.69, 9.17) is 37.0 Å². The Balaban J connectivity index is 5.22. The molecule has 0 spiro atoms. The highest BCUT2D eigenvalue weighted by molar-refractivity contribution is 7.47. The minimum absolute atomic E-state index is 0.103. The summed E-state index contributed by atoms with van der Waals surface area (Å²) < 4.78 is 68.4. The van der Waals surface area contributed by atoms with E-state index in [0.29, 0.717) is 25.7 Å². The van der Waals surface area contributed by atoms with Crippen molar-refractivity contribution in [3.05, 3.63) is 0 Å². The second-order valence-corrected chi connectivity index (χ2v) is 30.4. The number of hydrogen-bond acceptors (Lipinski definition) is 15. The molecule has 0 saturated heterocycles. The first kappa shape index (κ1) is 90.1. The second-order valence-electron chi connectivity index (χ2n) is 27.5. The van der Waals surface area contributed by atoms with Gasteiger partial charge in [-0.1, -0.05) is 318 Å². The molecule has 0 bridgehead atoms. The number of rotatable bonds is 71. The average Bonchev–Trinajstić information content (AvgIpc) is 3.58. The van der Waals surface area contributed by atoms with Gasteiger partial charge >= 0.3 is 39.5 Å². The Kier molecular flexibility index (Phi) is 62.4. The Morgan fingerprint density at radius 1 is 0.315 bits per heavy atom. The lowest BCUT2D eigenvalue weighted by Crippen LogP contribution is -2.30. The summed E-state index contributed by atoms with van der Waals surface area (Å²) >= 11 is 0. The fourth-order valence-corrected chi connectivity index (χ4v) is 12.6. The number of carbonyl (C=O) groups is 4. The summed E-state index contributed by atoms with van der Waals surface area (Å²) in [5, 5.41) is 10.6. The van der Waals surface area contributed by atoms with Gasteiger partial charge in [-0.15, -0.1) is 0 Å². The molecule has 17 nitrogen and oxygen atoms in total. The van der Waals surface area contributed by atoms with Crippen LogP contribution < -0.4 is 0 Å². The first-order valence-corrected chi connectivity index (χ1v) is 40.9. The zero-order valence-corrected chi connectivity index (χ0v) is 61.8. The number of aliphatic hydroxyl groups excluding tert-OH is 1. The predicted octanol–water partition coefficient (Wildman–Crippen LogP) is 21.0. The van der Waals surface area contributed by atoms with Crippen molar-refractivity contribution >= 4 is 39.5 Å². The normalized spacial score (nSPS) is 14.4. The zero-order chi connectivity index (χ0) is 68.0. The Hall–Kier alpha value is -1.94. The van der Waals surface area contributed by atoms with Gasteiger partial charge in [-0.05, 0) is 43.4 Å². The number of phosphoric ester groups is 2. The zero-order valence-electron chi connectivity index (χ0n) is 60.0. The summed E-state index contributed by atoms with van der Waals surface area (Å²) in [6.07, 6.45) is 48.6. The molecule has 0 amide bonds. The molecule has 0 heterocycles. The molecule has 3 N–H and O–H groups in total. The Labute approximate surface area is 562 Å². The van der Waals surface area contributed by atoms with Gasteiger partial charge in [0.1, 0.15) is 19.3 Å². The van der Waals surface area contributed by atoms with E-state index in [9.17, 15) is 43.2 Å². The van der Waals surface area contributed by atoms with E-state index in [0.717, 1.165) is 108 Å². The Morgan fingerprint density at radius 3 is 0.826 bits per heavy atom. The van der Waals surface area contributed by atoms with Crippen molar-refractivity contribution in [1.82, 2.24) is 0 Å². The first-order chi connectivity index (χ1) is 44.3. The van der Waals surface area contributed by atoms with E-state index < -0.39 is 97.5 Å². The monoisotopic (exact) mass is 1350 g/mol. The van der Waals surface area contributed by atoms with Crippen LogP contribution in [-0.4, -0.2) is 96.7 Å². The molecular formula is C73H142O17P2. The number of aliphatic hydroxyl groups is 1. The van der Waals surface area contributed by atoms with E-state index in [-0.39, 0.29) is 25.7 Å². The van der Waals surface area contributed by atoms with Gasteiger partial charge < -0.3 is 33.8 Å². The standard InChI is InChI=1S/C73H142O17P2/c1-8-10-11-12-13-14-27-32-40-47-54-70(75)84-61-69(90-73(78)57-50-43-36-35-39-46-53-66(7)9-2)63-88-92(81,82)86-59-67(74)58-85-91(79,80)87-62-68(60-83-71(76)55-48-41-33-28-24-23-26-31-38-45-52-65(5)6)89-72(77)56-49-42-34-29-22-20-18-16-15-17-19-21-25-30-37-44-51-64(3)4/h64-69,74H,8-63H2,1-7H3,(H,79,80)(H,81,82)/t66?,67-,68-,69-/m1/s1. The number of unbranched alkanes of at least 4 members (excludes halogenated alkanes) is 38. The molecule has 0 aliphatic heterocycles. The van der Waals surface area contributed by atoms with Gasteiger partial charge in [0.25, 0.3) is 0 Å². The Bertz CT molecular complexity index is 1800. The maximum absolute atomic E-state index is 13.1. The lowest BCUT2D eigenvalue weighted by molar-refractivity contribution is -0.161. The van der Waals surface area contributed by atoms with Gasteiger partial charge in [0.15, 0.2) is 12.2 Å². The van der Waals surface area contributed by atoms with Gasteiger partial charge in [-0.3, -0.25) is 37.3 Å². The van der Waals surface area contributed by atoms with Crippen LogP contribution in [0.15, 0.2) is 0 Å². The maximum atomic E-state index is 13.1. The smallest absolute Gasteiger partial charge is 0.462 e. The van der Waals surface area contributed by atoms with Crippen molar-refractivity contribution in [3.63, 3.8) is 0 Å². The molecule has 0 aliphatic rings. The van der Waals surface area contributed by atoms with Crippen molar-refractivity contribution in [2.24, 2.45) is 17.8 Å². The van der Waals surface area contributed by atoms with Crippen LogP contribution in [0.25, 0.3) is 0 Å². The van der Waals surface area contributed by atoms with E-state index in [1.165, 1.54) is 180 Å². The first-order valence-electron chi connectivity index (χ1n) is 37.9. The van der Waals surface area contributed by atoms with E-state index >= 15 is 0 Å². The topological polar surface area (TPSA) is 237 Å². The number of ether oxygens (including phenoxy) is 4. The molecule has 0 fully saturated rings. The second kappa shape index (κ2) is 63.8. The molecule has 0 aromatic heterocycles. The van der Waals surface area contributed by atoms with Crippen molar-refractivity contribution in [2.45, 2.75) is 388 Å². The van der Waals surface area contributed by atoms with Crippen LogP contribution in [0.2, 0.25) is 0 Å². The fraction of sp³-hybridized carbons (Fsp3) is 0.945. The van der Waals surface area contributed by atoms with Crippen LogP contribution in [0.3, 0.4) is 0 Å². The van der Waals surface area contributed by atoms with Crippen LogP contribution in [0, 0.1) is 17.8 Å². The molecule has 0 saturated carbocycles. The third kappa shape index (κ3) is 65.4. The van der Waals surface area contributed by atoms with Crippen LogP contribution in [0.4, 0.5) is 0 Å². The predicted molar refractivity (Wildman–Crippen MR) is 372 cm³/mol. The highest BCUT2D eigenvalue weighted by Crippen LogP contribution is 2.45. The molecule has 3 unspecified atom stereocenters. The van der Waals surface area contributed by atoms with E-state index in [1.807, 2.05) is 0 Å². The third-order valence-corrected chi connectivity index (χ3v) is 19.1. The highest BCUT2D eigenvalue weighted by atomic mass is 31.2. The van der Waals surface area contributed by atoms with Gasteiger partial charge in [0, 0.05) is 25.7 Å². The molecule has 6 atom stereocenters. The molecular weight excluding hydrogens is 1210 g/mol. The lowest BCUT2D eigenvalue weighted by atomic mass is 10.00. The molecule has 0 aromatic rings. The number of esters is 4. The van der Waals surface area contributed by atoms with Crippen LogP contribution in [-0.2, 0) is 65.4 Å². The Morgan fingerprint density at radius 2 is 0.554 bits per heavy atom.